The summed E-state index contributed by atoms with van der Waals surface area (Å²) < 4.78 is 0. The molecular weight excluding hydrogens is 220 g/mol. The second-order valence-corrected chi connectivity index (χ2v) is 5.43. The lowest BCUT2D eigenvalue weighted by atomic mass is 9.99. The molecule has 5 heteroatoms. The average molecular weight is 240 g/mol. The Morgan fingerprint density at radius 1 is 1.41 bits per heavy atom. The summed E-state index contributed by atoms with van der Waals surface area (Å²) in [6.45, 7) is 2.77. The molecule has 2 aliphatic rings. The van der Waals surface area contributed by atoms with E-state index in [9.17, 15) is 9.59 Å². The van der Waals surface area contributed by atoms with Crippen molar-refractivity contribution in [1.82, 2.24) is 4.90 Å². The van der Waals surface area contributed by atoms with E-state index < -0.39 is 11.9 Å². The molecule has 0 aromatic rings. The van der Waals surface area contributed by atoms with Crippen molar-refractivity contribution in [2.24, 2.45) is 23.5 Å². The minimum atomic E-state index is -0.806. The van der Waals surface area contributed by atoms with Crippen molar-refractivity contribution in [2.45, 2.75) is 32.2 Å². The minimum Gasteiger partial charge on any atom is -0.481 e. The first-order valence-electron chi connectivity index (χ1n) is 6.25. The summed E-state index contributed by atoms with van der Waals surface area (Å²) in [7, 11) is 0. The van der Waals surface area contributed by atoms with E-state index in [4.69, 9.17) is 10.8 Å². The second kappa shape index (κ2) is 4.64. The molecule has 2 rings (SSSR count). The van der Waals surface area contributed by atoms with Gasteiger partial charge in [0.1, 0.15) is 0 Å². The largest absolute Gasteiger partial charge is 0.481 e. The SMILES string of the molecule is C[C@@H]1CN(C(=O)CC(N)C2CC2)C[C@H]1C(=O)O. The summed E-state index contributed by atoms with van der Waals surface area (Å²) in [6, 6.07) is -0.0401. The van der Waals surface area contributed by atoms with E-state index in [1.54, 1.807) is 4.90 Å². The third-order valence-corrected chi connectivity index (χ3v) is 3.92. The molecule has 0 spiro atoms. The van der Waals surface area contributed by atoms with Crippen molar-refractivity contribution in [3.63, 3.8) is 0 Å². The Morgan fingerprint density at radius 2 is 2.06 bits per heavy atom. The van der Waals surface area contributed by atoms with Crippen LogP contribution in [0.5, 0.6) is 0 Å². The quantitative estimate of drug-likeness (QED) is 0.740. The van der Waals surface area contributed by atoms with Crippen LogP contribution in [0.15, 0.2) is 0 Å². The number of hydrogen-bond donors (Lipinski definition) is 2. The lowest BCUT2D eigenvalue weighted by Crippen LogP contribution is -2.36. The van der Waals surface area contributed by atoms with Gasteiger partial charge in [-0.2, -0.15) is 0 Å². The highest BCUT2D eigenvalue weighted by atomic mass is 16.4. The van der Waals surface area contributed by atoms with Crippen LogP contribution < -0.4 is 5.73 Å². The van der Waals surface area contributed by atoms with E-state index in [0.29, 0.717) is 25.4 Å². The maximum atomic E-state index is 12.0. The van der Waals surface area contributed by atoms with Crippen LogP contribution in [0.1, 0.15) is 26.2 Å². The monoisotopic (exact) mass is 240 g/mol. The average Bonchev–Trinajstić information content (AvgIpc) is 3.01. The summed E-state index contributed by atoms with van der Waals surface area (Å²) in [4.78, 5) is 24.6. The molecule has 3 atom stereocenters. The Bertz CT molecular complexity index is 328. The fraction of sp³-hybridized carbons (Fsp3) is 0.833. The summed E-state index contributed by atoms with van der Waals surface area (Å²) in [6.07, 6.45) is 2.62. The number of carbonyl (C=O) groups is 2. The summed E-state index contributed by atoms with van der Waals surface area (Å²) >= 11 is 0. The zero-order chi connectivity index (χ0) is 12.6. The Kier molecular flexibility index (Phi) is 3.38. The number of nitrogens with zero attached hydrogens (tertiary/aromatic N) is 1. The first kappa shape index (κ1) is 12.4. The lowest BCUT2D eigenvalue weighted by molar-refractivity contribution is -0.142. The Hall–Kier alpha value is -1.10. The maximum absolute atomic E-state index is 12.0. The molecule has 1 amide bonds. The molecule has 1 aliphatic heterocycles. The summed E-state index contributed by atoms with van der Waals surface area (Å²) in [5.41, 5.74) is 5.91. The molecule has 2 fully saturated rings. The van der Waals surface area contributed by atoms with Gasteiger partial charge in [0.25, 0.3) is 0 Å². The first-order chi connectivity index (χ1) is 7.99. The first-order valence-corrected chi connectivity index (χ1v) is 6.25. The smallest absolute Gasteiger partial charge is 0.308 e. The molecule has 0 bridgehead atoms. The number of carboxylic acid groups (broad SMARTS) is 1. The minimum absolute atomic E-state index is 0.0139. The van der Waals surface area contributed by atoms with Crippen LogP contribution >= 0.6 is 0 Å². The third-order valence-electron chi connectivity index (χ3n) is 3.92. The van der Waals surface area contributed by atoms with Crippen molar-refractivity contribution in [2.75, 3.05) is 13.1 Å². The van der Waals surface area contributed by atoms with Gasteiger partial charge in [-0.05, 0) is 24.7 Å². The predicted molar refractivity (Wildman–Crippen MR) is 62.2 cm³/mol. The molecule has 1 heterocycles. The molecule has 1 aliphatic carbocycles. The van der Waals surface area contributed by atoms with Crippen molar-refractivity contribution in [3.05, 3.63) is 0 Å². The van der Waals surface area contributed by atoms with Crippen molar-refractivity contribution >= 4 is 11.9 Å². The molecule has 0 aromatic heterocycles. The number of hydrogen-bond acceptors (Lipinski definition) is 3. The highest BCUT2D eigenvalue weighted by Crippen LogP contribution is 2.33. The van der Waals surface area contributed by atoms with Gasteiger partial charge in [0.05, 0.1) is 5.92 Å². The molecule has 3 N–H and O–H groups in total. The molecule has 1 saturated carbocycles. The summed E-state index contributed by atoms with van der Waals surface area (Å²) in [5, 5.41) is 9.00. The number of carbonyl (C=O) groups excluding carboxylic acids is 1. The molecule has 0 aromatic carbocycles. The van der Waals surface area contributed by atoms with Gasteiger partial charge in [-0.1, -0.05) is 6.92 Å². The van der Waals surface area contributed by atoms with E-state index >= 15 is 0 Å². The molecule has 17 heavy (non-hydrogen) atoms. The van der Waals surface area contributed by atoms with Crippen molar-refractivity contribution < 1.29 is 14.7 Å². The number of likely N-dealkylation sites (tertiary alicyclic amines) is 1. The Morgan fingerprint density at radius 3 is 2.53 bits per heavy atom. The van der Waals surface area contributed by atoms with Gasteiger partial charge in [-0.15, -0.1) is 0 Å². The van der Waals surface area contributed by atoms with Crippen LogP contribution in [0.3, 0.4) is 0 Å². The van der Waals surface area contributed by atoms with E-state index in [1.807, 2.05) is 6.92 Å². The van der Waals surface area contributed by atoms with Gasteiger partial charge in [0.2, 0.25) is 5.91 Å². The standard InChI is InChI=1S/C12H20N2O3/c1-7-5-14(6-9(7)12(16)17)11(15)4-10(13)8-2-3-8/h7-10H,2-6,13H2,1H3,(H,16,17)/t7-,9-,10?/m1/s1. The van der Waals surface area contributed by atoms with E-state index in [1.165, 1.54) is 0 Å². The van der Waals surface area contributed by atoms with Crippen LogP contribution in [0.4, 0.5) is 0 Å². The van der Waals surface area contributed by atoms with Gasteiger partial charge < -0.3 is 15.7 Å². The lowest BCUT2D eigenvalue weighted by Gasteiger charge is -2.18. The van der Waals surface area contributed by atoms with Crippen molar-refractivity contribution in [3.8, 4) is 0 Å². The number of rotatable bonds is 4. The summed E-state index contributed by atoms with van der Waals surface area (Å²) in [5.74, 6) is -0.668. The van der Waals surface area contributed by atoms with E-state index in [2.05, 4.69) is 0 Å². The van der Waals surface area contributed by atoms with Crippen LogP contribution in [0, 0.1) is 17.8 Å². The van der Waals surface area contributed by atoms with Gasteiger partial charge >= 0.3 is 5.97 Å². The third kappa shape index (κ3) is 2.77. The highest BCUT2D eigenvalue weighted by molar-refractivity contribution is 5.79. The molecular formula is C12H20N2O3. The molecule has 96 valence electrons. The predicted octanol–water partition coefficient (Wildman–Crippen LogP) is 0.293. The fourth-order valence-electron chi connectivity index (χ4n) is 2.51. The highest BCUT2D eigenvalue weighted by Gasteiger charge is 2.38. The number of aliphatic carboxylic acids is 1. The van der Waals surface area contributed by atoms with Gasteiger partial charge in [0.15, 0.2) is 0 Å². The molecule has 5 nitrogen and oxygen atoms in total. The molecule has 0 radical (unpaired) electrons. The van der Waals surface area contributed by atoms with E-state index in [0.717, 1.165) is 12.8 Å². The second-order valence-electron chi connectivity index (χ2n) is 5.43. The Labute approximate surface area is 101 Å². The number of nitrogens with two attached hydrogens (primary N) is 1. The van der Waals surface area contributed by atoms with Crippen LogP contribution in [-0.4, -0.2) is 41.0 Å². The van der Waals surface area contributed by atoms with Gasteiger partial charge in [-0.25, -0.2) is 0 Å². The van der Waals surface area contributed by atoms with Crippen LogP contribution in [0.2, 0.25) is 0 Å². The zero-order valence-electron chi connectivity index (χ0n) is 10.1. The number of carboxylic acids is 1. The zero-order valence-corrected chi connectivity index (χ0v) is 10.1. The fourth-order valence-corrected chi connectivity index (χ4v) is 2.51. The normalized spacial score (nSPS) is 30.4. The maximum Gasteiger partial charge on any atom is 0.308 e. The van der Waals surface area contributed by atoms with Crippen molar-refractivity contribution in [1.29, 1.82) is 0 Å². The van der Waals surface area contributed by atoms with Crippen LogP contribution in [0.25, 0.3) is 0 Å². The number of amides is 1. The molecule has 1 saturated heterocycles. The molecule has 1 unspecified atom stereocenters. The van der Waals surface area contributed by atoms with Gasteiger partial charge in [-0.3, -0.25) is 9.59 Å². The topological polar surface area (TPSA) is 83.6 Å². The van der Waals surface area contributed by atoms with Gasteiger partial charge in [0, 0.05) is 25.6 Å². The Balaban J connectivity index is 1.86. The van der Waals surface area contributed by atoms with Crippen LogP contribution in [-0.2, 0) is 9.59 Å². The van der Waals surface area contributed by atoms with E-state index in [-0.39, 0.29) is 17.9 Å².